The maximum absolute atomic E-state index is 12.5. The van der Waals surface area contributed by atoms with E-state index < -0.39 is 4.92 Å². The number of anilines is 1. The lowest BCUT2D eigenvalue weighted by molar-refractivity contribution is -0.384. The Kier molecular flexibility index (Phi) is 5.79. The average Bonchev–Trinajstić information content (AvgIpc) is 2.70. The Balaban J connectivity index is 1.55. The van der Waals surface area contributed by atoms with Crippen molar-refractivity contribution >= 4 is 34.9 Å². The molecular weight excluding hydrogens is 384 g/mol. The van der Waals surface area contributed by atoms with Crippen LogP contribution in [-0.2, 0) is 0 Å². The van der Waals surface area contributed by atoms with Gasteiger partial charge in [-0.2, -0.15) is 0 Å². The summed E-state index contributed by atoms with van der Waals surface area (Å²) in [5.74, 6) is -0.208. The van der Waals surface area contributed by atoms with Crippen molar-refractivity contribution in [1.82, 2.24) is 9.80 Å². The van der Waals surface area contributed by atoms with Crippen molar-refractivity contribution in [2.24, 2.45) is 0 Å². The lowest BCUT2D eigenvalue weighted by Gasteiger charge is -2.34. The van der Waals surface area contributed by atoms with Crippen LogP contribution >= 0.6 is 11.6 Å². The zero-order valence-corrected chi connectivity index (χ0v) is 16.0. The first kappa shape index (κ1) is 19.6. The zero-order chi connectivity index (χ0) is 20.3. The monoisotopic (exact) mass is 402 g/mol. The second kappa shape index (κ2) is 8.26. The number of carbonyl (C=O) groups excluding carboxylic acids is 2. The van der Waals surface area contributed by atoms with Gasteiger partial charge in [-0.3, -0.25) is 14.9 Å². The molecule has 1 fully saturated rings. The van der Waals surface area contributed by atoms with Crippen LogP contribution in [0.5, 0.6) is 0 Å². The number of nitro groups is 1. The van der Waals surface area contributed by atoms with Crippen molar-refractivity contribution in [1.29, 1.82) is 0 Å². The fourth-order valence-corrected chi connectivity index (χ4v) is 3.07. The highest BCUT2D eigenvalue weighted by Gasteiger charge is 2.25. The number of nitrogens with zero attached hydrogens (tertiary/aromatic N) is 3. The Bertz CT molecular complexity index is 909. The van der Waals surface area contributed by atoms with Crippen molar-refractivity contribution in [3.8, 4) is 0 Å². The molecule has 1 saturated heterocycles. The van der Waals surface area contributed by atoms with Gasteiger partial charge in [-0.15, -0.1) is 0 Å². The fourth-order valence-electron chi connectivity index (χ4n) is 2.89. The summed E-state index contributed by atoms with van der Waals surface area (Å²) >= 11 is 6.08. The smallest absolute Gasteiger partial charge is 0.321 e. The standard InChI is InChI=1S/C19H19ClN4O4/c1-13-2-5-15(12-17(13)20)21-19(26)23-10-8-22(9-11-23)18(25)14-3-6-16(7-4-14)24(27)28/h2-7,12H,8-11H2,1H3,(H,21,26). The van der Waals surface area contributed by atoms with Crippen LogP contribution in [0.3, 0.4) is 0 Å². The number of urea groups is 1. The van der Waals surface area contributed by atoms with E-state index in [2.05, 4.69) is 5.32 Å². The summed E-state index contributed by atoms with van der Waals surface area (Å²) in [5, 5.41) is 14.1. The Morgan fingerprint density at radius 3 is 2.21 bits per heavy atom. The van der Waals surface area contributed by atoms with E-state index in [0.717, 1.165) is 5.56 Å². The number of nitro benzene ring substituents is 1. The largest absolute Gasteiger partial charge is 0.335 e. The van der Waals surface area contributed by atoms with Gasteiger partial charge in [0.15, 0.2) is 0 Å². The van der Waals surface area contributed by atoms with E-state index in [1.807, 2.05) is 13.0 Å². The molecule has 8 nitrogen and oxygen atoms in total. The maximum Gasteiger partial charge on any atom is 0.321 e. The molecule has 146 valence electrons. The van der Waals surface area contributed by atoms with Gasteiger partial charge in [-0.1, -0.05) is 17.7 Å². The third-order valence-corrected chi connectivity index (χ3v) is 5.01. The third kappa shape index (κ3) is 4.40. The highest BCUT2D eigenvalue weighted by molar-refractivity contribution is 6.31. The summed E-state index contributed by atoms with van der Waals surface area (Å²) in [5.41, 5.74) is 1.87. The van der Waals surface area contributed by atoms with E-state index in [0.29, 0.717) is 42.5 Å². The molecule has 0 aromatic heterocycles. The molecule has 1 aliphatic heterocycles. The normalized spacial score (nSPS) is 13.9. The number of piperazine rings is 1. The van der Waals surface area contributed by atoms with E-state index in [9.17, 15) is 19.7 Å². The summed E-state index contributed by atoms with van der Waals surface area (Å²) in [4.78, 5) is 38.4. The van der Waals surface area contributed by atoms with Crippen molar-refractivity contribution < 1.29 is 14.5 Å². The maximum atomic E-state index is 12.5. The van der Waals surface area contributed by atoms with E-state index in [4.69, 9.17) is 11.6 Å². The fraction of sp³-hybridized carbons (Fsp3) is 0.263. The molecule has 1 heterocycles. The first-order valence-electron chi connectivity index (χ1n) is 8.71. The number of nitrogens with one attached hydrogen (secondary N) is 1. The van der Waals surface area contributed by atoms with Crippen LogP contribution in [0.25, 0.3) is 0 Å². The predicted octanol–water partition coefficient (Wildman–Crippen LogP) is 3.55. The molecule has 2 aromatic carbocycles. The molecule has 0 spiro atoms. The number of rotatable bonds is 3. The molecule has 0 bridgehead atoms. The molecule has 28 heavy (non-hydrogen) atoms. The van der Waals surface area contributed by atoms with Gasteiger partial charge < -0.3 is 15.1 Å². The van der Waals surface area contributed by atoms with Crippen molar-refractivity contribution in [2.45, 2.75) is 6.92 Å². The number of aryl methyl sites for hydroxylation is 1. The summed E-state index contributed by atoms with van der Waals surface area (Å²) in [7, 11) is 0. The number of hydrogen-bond donors (Lipinski definition) is 1. The average molecular weight is 403 g/mol. The van der Waals surface area contributed by atoms with Gasteiger partial charge in [0.25, 0.3) is 11.6 Å². The van der Waals surface area contributed by atoms with Gasteiger partial charge in [-0.05, 0) is 36.8 Å². The highest BCUT2D eigenvalue weighted by atomic mass is 35.5. The molecule has 0 radical (unpaired) electrons. The molecule has 2 aromatic rings. The summed E-state index contributed by atoms with van der Waals surface area (Å²) < 4.78 is 0. The molecule has 1 N–H and O–H groups in total. The van der Waals surface area contributed by atoms with Gasteiger partial charge in [-0.25, -0.2) is 4.79 Å². The predicted molar refractivity (Wildman–Crippen MR) is 106 cm³/mol. The van der Waals surface area contributed by atoms with Gasteiger partial charge in [0.05, 0.1) is 4.92 Å². The topological polar surface area (TPSA) is 95.8 Å². The zero-order valence-electron chi connectivity index (χ0n) is 15.2. The SMILES string of the molecule is Cc1ccc(NC(=O)N2CCN(C(=O)c3ccc([N+](=O)[O-])cc3)CC2)cc1Cl. The molecule has 0 aliphatic carbocycles. The molecule has 0 saturated carbocycles. The molecular formula is C19H19ClN4O4. The molecule has 0 atom stereocenters. The second-order valence-corrected chi connectivity index (χ2v) is 6.88. The van der Waals surface area contributed by atoms with Gasteiger partial charge >= 0.3 is 6.03 Å². The Morgan fingerprint density at radius 2 is 1.64 bits per heavy atom. The number of amides is 3. The van der Waals surface area contributed by atoms with E-state index >= 15 is 0 Å². The van der Waals surface area contributed by atoms with Crippen LogP contribution in [0.2, 0.25) is 5.02 Å². The molecule has 3 amide bonds. The van der Waals surface area contributed by atoms with Crippen LogP contribution in [0.15, 0.2) is 42.5 Å². The van der Waals surface area contributed by atoms with Crippen LogP contribution < -0.4 is 5.32 Å². The first-order valence-corrected chi connectivity index (χ1v) is 9.09. The van der Waals surface area contributed by atoms with Crippen molar-refractivity contribution in [3.05, 3.63) is 68.7 Å². The Hall–Kier alpha value is -3.13. The molecule has 3 rings (SSSR count). The third-order valence-electron chi connectivity index (χ3n) is 4.60. The van der Waals surface area contributed by atoms with Crippen molar-refractivity contribution in [3.63, 3.8) is 0 Å². The summed E-state index contributed by atoms with van der Waals surface area (Å²) in [6.45, 7) is 3.44. The minimum Gasteiger partial charge on any atom is -0.335 e. The van der Waals surface area contributed by atoms with Crippen LogP contribution in [0.4, 0.5) is 16.2 Å². The molecule has 0 unspecified atom stereocenters. The lowest BCUT2D eigenvalue weighted by atomic mass is 10.1. The number of halogens is 1. The highest BCUT2D eigenvalue weighted by Crippen LogP contribution is 2.20. The van der Waals surface area contributed by atoms with Gasteiger partial charge in [0.1, 0.15) is 0 Å². The Labute approximate surface area is 166 Å². The minimum absolute atomic E-state index is 0.0609. The molecule has 1 aliphatic rings. The van der Waals surface area contributed by atoms with Gasteiger partial charge in [0, 0.05) is 54.6 Å². The second-order valence-electron chi connectivity index (χ2n) is 6.48. The number of carbonyl (C=O) groups is 2. The lowest BCUT2D eigenvalue weighted by Crippen LogP contribution is -2.51. The van der Waals surface area contributed by atoms with E-state index in [1.165, 1.54) is 24.3 Å². The molecule has 9 heteroatoms. The summed E-state index contributed by atoms with van der Waals surface area (Å²) in [6, 6.07) is 10.6. The number of hydrogen-bond acceptors (Lipinski definition) is 4. The number of benzene rings is 2. The minimum atomic E-state index is -0.507. The first-order chi connectivity index (χ1) is 13.3. The summed E-state index contributed by atoms with van der Waals surface area (Å²) in [6.07, 6.45) is 0. The van der Waals surface area contributed by atoms with E-state index in [1.54, 1.807) is 21.9 Å². The van der Waals surface area contributed by atoms with E-state index in [-0.39, 0.29) is 17.6 Å². The van der Waals surface area contributed by atoms with Crippen LogP contribution in [0.1, 0.15) is 15.9 Å². The Morgan fingerprint density at radius 1 is 1.04 bits per heavy atom. The quantitative estimate of drug-likeness (QED) is 0.627. The van der Waals surface area contributed by atoms with Crippen LogP contribution in [-0.4, -0.2) is 52.8 Å². The van der Waals surface area contributed by atoms with Crippen molar-refractivity contribution in [2.75, 3.05) is 31.5 Å². The van der Waals surface area contributed by atoms with Crippen LogP contribution in [0, 0.1) is 17.0 Å². The van der Waals surface area contributed by atoms with Gasteiger partial charge in [0.2, 0.25) is 0 Å². The number of non-ortho nitro benzene ring substituents is 1.